The molecule has 1 saturated carbocycles. The zero-order chi connectivity index (χ0) is 16.9. The third kappa shape index (κ3) is 4.55. The number of nitro groups is 1. The average Bonchev–Trinajstić information content (AvgIpc) is 3.38. The maximum absolute atomic E-state index is 11.8. The van der Waals surface area contributed by atoms with E-state index in [9.17, 15) is 14.9 Å². The fourth-order valence-corrected chi connectivity index (χ4v) is 2.42. The minimum Gasteiger partial charge on any atom is -0.381 e. The number of hydrogen-bond acceptors (Lipinski definition) is 4. The highest BCUT2D eigenvalue weighted by Gasteiger charge is 2.22. The molecular weight excluding hydrogens is 306 g/mol. The minimum absolute atomic E-state index is 0.0646. The summed E-state index contributed by atoms with van der Waals surface area (Å²) >= 11 is 0. The first kappa shape index (κ1) is 16.0. The van der Waals surface area contributed by atoms with Gasteiger partial charge < -0.3 is 10.6 Å². The van der Waals surface area contributed by atoms with Gasteiger partial charge in [0.05, 0.1) is 11.3 Å². The number of amides is 1. The van der Waals surface area contributed by atoms with Crippen molar-refractivity contribution in [3.63, 3.8) is 0 Å². The molecule has 0 radical (unpaired) electrons. The van der Waals surface area contributed by atoms with Crippen molar-refractivity contribution < 1.29 is 9.72 Å². The molecule has 0 saturated heterocycles. The maximum atomic E-state index is 11.8. The van der Waals surface area contributed by atoms with E-state index >= 15 is 0 Å². The summed E-state index contributed by atoms with van der Waals surface area (Å²) in [5.74, 6) is 0.0646. The second-order valence-electron chi connectivity index (χ2n) is 6.00. The van der Waals surface area contributed by atoms with Gasteiger partial charge in [0.1, 0.15) is 0 Å². The van der Waals surface area contributed by atoms with E-state index in [2.05, 4.69) is 10.6 Å². The molecule has 1 aliphatic rings. The van der Waals surface area contributed by atoms with E-state index in [1.807, 2.05) is 30.3 Å². The van der Waals surface area contributed by atoms with Crippen molar-refractivity contribution in [2.45, 2.75) is 31.8 Å². The molecule has 0 atom stereocenters. The molecule has 6 heteroatoms. The molecule has 24 heavy (non-hydrogen) atoms. The molecule has 2 N–H and O–H groups in total. The summed E-state index contributed by atoms with van der Waals surface area (Å²) in [5, 5.41) is 17.0. The number of benzene rings is 2. The predicted octanol–water partition coefficient (Wildman–Crippen LogP) is 3.03. The SMILES string of the molecule is O=C(Cc1ccc(NCc2cccc([N+](=O)[O-])c2)cc1)NC1CC1. The lowest BCUT2D eigenvalue weighted by Gasteiger charge is -2.08. The van der Waals surface area contributed by atoms with Crippen LogP contribution < -0.4 is 10.6 Å². The van der Waals surface area contributed by atoms with Crippen LogP contribution in [0.4, 0.5) is 11.4 Å². The van der Waals surface area contributed by atoms with Crippen molar-refractivity contribution in [1.82, 2.24) is 5.32 Å². The first-order valence-electron chi connectivity index (χ1n) is 7.95. The highest BCUT2D eigenvalue weighted by Crippen LogP contribution is 2.19. The number of nitrogens with one attached hydrogen (secondary N) is 2. The topological polar surface area (TPSA) is 84.3 Å². The molecule has 1 aliphatic carbocycles. The third-order valence-corrected chi connectivity index (χ3v) is 3.88. The van der Waals surface area contributed by atoms with Crippen LogP contribution >= 0.6 is 0 Å². The number of hydrogen-bond donors (Lipinski definition) is 2. The molecule has 0 spiro atoms. The summed E-state index contributed by atoms with van der Waals surface area (Å²) in [5.41, 5.74) is 2.81. The normalized spacial score (nSPS) is 13.3. The average molecular weight is 325 g/mol. The number of anilines is 1. The number of carbonyl (C=O) groups excluding carboxylic acids is 1. The molecule has 0 unspecified atom stereocenters. The van der Waals surface area contributed by atoms with E-state index in [0.717, 1.165) is 29.7 Å². The van der Waals surface area contributed by atoms with Crippen molar-refractivity contribution in [3.05, 3.63) is 69.8 Å². The molecule has 3 rings (SSSR count). The van der Waals surface area contributed by atoms with Gasteiger partial charge in [0.2, 0.25) is 5.91 Å². The lowest BCUT2D eigenvalue weighted by molar-refractivity contribution is -0.384. The molecule has 0 bridgehead atoms. The van der Waals surface area contributed by atoms with E-state index in [4.69, 9.17) is 0 Å². The van der Waals surface area contributed by atoms with E-state index in [1.165, 1.54) is 6.07 Å². The van der Waals surface area contributed by atoms with Crippen LogP contribution in [0.1, 0.15) is 24.0 Å². The van der Waals surface area contributed by atoms with Gasteiger partial charge in [-0.15, -0.1) is 0 Å². The Kier molecular flexibility index (Phi) is 4.74. The van der Waals surface area contributed by atoms with Crippen LogP contribution in [-0.4, -0.2) is 16.9 Å². The minimum atomic E-state index is -0.398. The molecule has 0 heterocycles. The lowest BCUT2D eigenvalue weighted by atomic mass is 10.1. The summed E-state index contributed by atoms with van der Waals surface area (Å²) < 4.78 is 0. The van der Waals surface area contributed by atoms with Crippen LogP contribution in [0.3, 0.4) is 0 Å². The van der Waals surface area contributed by atoms with Crippen LogP contribution in [0.5, 0.6) is 0 Å². The summed E-state index contributed by atoms with van der Waals surface area (Å²) in [6.45, 7) is 0.503. The summed E-state index contributed by atoms with van der Waals surface area (Å²) in [6.07, 6.45) is 2.57. The Bertz CT molecular complexity index is 739. The molecule has 1 amide bonds. The van der Waals surface area contributed by atoms with Gasteiger partial charge in [-0.2, -0.15) is 0 Å². The molecule has 2 aromatic rings. The van der Waals surface area contributed by atoms with E-state index < -0.39 is 4.92 Å². The van der Waals surface area contributed by atoms with Crippen LogP contribution in [0.25, 0.3) is 0 Å². The summed E-state index contributed by atoms with van der Waals surface area (Å²) in [4.78, 5) is 22.1. The maximum Gasteiger partial charge on any atom is 0.269 e. The lowest BCUT2D eigenvalue weighted by Crippen LogP contribution is -2.26. The molecule has 0 aromatic heterocycles. The Balaban J connectivity index is 1.53. The van der Waals surface area contributed by atoms with Crippen LogP contribution in [0.15, 0.2) is 48.5 Å². The monoisotopic (exact) mass is 325 g/mol. The predicted molar refractivity (Wildman–Crippen MR) is 91.7 cm³/mol. The van der Waals surface area contributed by atoms with Crippen molar-refractivity contribution in [1.29, 1.82) is 0 Å². The molecular formula is C18H19N3O3. The number of carbonyl (C=O) groups is 1. The van der Waals surface area contributed by atoms with Crippen LogP contribution in [0, 0.1) is 10.1 Å². The third-order valence-electron chi connectivity index (χ3n) is 3.88. The molecule has 6 nitrogen and oxygen atoms in total. The first-order valence-corrected chi connectivity index (χ1v) is 7.95. The second-order valence-corrected chi connectivity index (χ2v) is 6.00. The highest BCUT2D eigenvalue weighted by molar-refractivity contribution is 5.79. The fourth-order valence-electron chi connectivity index (χ4n) is 2.42. The Morgan fingerprint density at radius 2 is 1.88 bits per heavy atom. The first-order chi connectivity index (χ1) is 11.6. The largest absolute Gasteiger partial charge is 0.381 e. The van der Waals surface area contributed by atoms with Gasteiger partial charge in [-0.3, -0.25) is 14.9 Å². The second kappa shape index (κ2) is 7.12. The summed E-state index contributed by atoms with van der Waals surface area (Å²) in [7, 11) is 0. The van der Waals surface area contributed by atoms with Gasteiger partial charge in [-0.25, -0.2) is 0 Å². The summed E-state index contributed by atoms with van der Waals surface area (Å²) in [6, 6.07) is 14.6. The zero-order valence-electron chi connectivity index (χ0n) is 13.2. The smallest absolute Gasteiger partial charge is 0.269 e. The highest BCUT2D eigenvalue weighted by atomic mass is 16.6. The van der Waals surface area contributed by atoms with E-state index in [1.54, 1.807) is 12.1 Å². The van der Waals surface area contributed by atoms with Gasteiger partial charge in [-0.1, -0.05) is 24.3 Å². The van der Waals surface area contributed by atoms with Crippen molar-refractivity contribution in [3.8, 4) is 0 Å². The van der Waals surface area contributed by atoms with Gasteiger partial charge in [0.25, 0.3) is 5.69 Å². The van der Waals surface area contributed by atoms with Crippen molar-refractivity contribution in [2.75, 3.05) is 5.32 Å². The Hall–Kier alpha value is -2.89. The van der Waals surface area contributed by atoms with Gasteiger partial charge >= 0.3 is 0 Å². The number of nitrogens with zero attached hydrogens (tertiary/aromatic N) is 1. The fraction of sp³-hybridized carbons (Fsp3) is 0.278. The molecule has 1 fully saturated rings. The zero-order valence-corrected chi connectivity index (χ0v) is 13.2. The Labute approximate surface area is 140 Å². The number of non-ortho nitro benzene ring substituents is 1. The molecule has 2 aromatic carbocycles. The Morgan fingerprint density at radius 1 is 1.12 bits per heavy atom. The van der Waals surface area contributed by atoms with Crippen LogP contribution in [0.2, 0.25) is 0 Å². The van der Waals surface area contributed by atoms with Crippen molar-refractivity contribution >= 4 is 17.3 Å². The number of rotatable bonds is 7. The molecule has 124 valence electrons. The quantitative estimate of drug-likeness (QED) is 0.605. The standard InChI is InChI=1S/C18H19N3O3/c22-18(20-16-8-9-16)11-13-4-6-15(7-5-13)19-12-14-2-1-3-17(10-14)21(23)24/h1-7,10,16,19H,8-9,11-12H2,(H,20,22). The van der Waals surface area contributed by atoms with Crippen LogP contribution in [-0.2, 0) is 17.8 Å². The van der Waals surface area contributed by atoms with Crippen molar-refractivity contribution in [2.24, 2.45) is 0 Å². The van der Waals surface area contributed by atoms with Gasteiger partial charge in [0, 0.05) is 30.4 Å². The number of nitro benzene ring substituents is 1. The van der Waals surface area contributed by atoms with E-state index in [0.29, 0.717) is 19.0 Å². The van der Waals surface area contributed by atoms with Gasteiger partial charge in [-0.05, 0) is 36.1 Å². The Morgan fingerprint density at radius 3 is 2.54 bits per heavy atom. The van der Waals surface area contributed by atoms with E-state index in [-0.39, 0.29) is 11.6 Å². The van der Waals surface area contributed by atoms with Gasteiger partial charge in [0.15, 0.2) is 0 Å². The molecule has 0 aliphatic heterocycles.